The number of nitrogens with one attached hydrogen (secondary N) is 2. The lowest BCUT2D eigenvalue weighted by molar-refractivity contribution is -0.164. The lowest BCUT2D eigenvalue weighted by Crippen LogP contribution is -2.74. The second-order valence-electron chi connectivity index (χ2n) is 17.3. The molecular formula is C45H56FN7O7. The number of ether oxygens (including phenoxy) is 2. The van der Waals surface area contributed by atoms with Crippen molar-refractivity contribution in [1.82, 2.24) is 15.5 Å². The van der Waals surface area contributed by atoms with Crippen molar-refractivity contribution in [2.45, 2.75) is 71.6 Å². The van der Waals surface area contributed by atoms with Gasteiger partial charge >= 0.3 is 5.97 Å². The molecule has 5 N–H and O–H groups in total. The number of nitrogens with zero attached hydrogens (tertiary/aromatic N) is 4. The number of benzene rings is 3. The summed E-state index contributed by atoms with van der Waals surface area (Å²) in [6.45, 7) is 14.3. The minimum absolute atomic E-state index is 0.124. The largest absolute Gasteiger partial charge is 0.495 e. The molecule has 3 amide bonds. The summed E-state index contributed by atoms with van der Waals surface area (Å²) in [6.07, 6.45) is 1.36. The molecule has 1 saturated carbocycles. The highest BCUT2D eigenvalue weighted by atomic mass is 19.1. The van der Waals surface area contributed by atoms with Crippen LogP contribution in [0.2, 0.25) is 0 Å². The van der Waals surface area contributed by atoms with Crippen LogP contribution >= 0.6 is 0 Å². The Balaban J connectivity index is 0.937. The highest BCUT2D eigenvalue weighted by molar-refractivity contribution is 5.98. The minimum atomic E-state index is -1.22. The molecular weight excluding hydrogens is 770 g/mol. The van der Waals surface area contributed by atoms with Crippen molar-refractivity contribution >= 4 is 35.1 Å². The van der Waals surface area contributed by atoms with Gasteiger partial charge in [0, 0.05) is 92.1 Å². The number of methoxy groups -OCH3 is 1. The Morgan fingerprint density at radius 3 is 2.12 bits per heavy atom. The first-order valence-corrected chi connectivity index (χ1v) is 20.5. The summed E-state index contributed by atoms with van der Waals surface area (Å²) in [4.78, 5) is 55.7. The zero-order valence-corrected chi connectivity index (χ0v) is 35.0. The van der Waals surface area contributed by atoms with Gasteiger partial charge in [-0.05, 0) is 79.8 Å². The molecule has 3 aromatic rings. The predicted octanol–water partition coefficient (Wildman–Crippen LogP) is 4.81. The van der Waals surface area contributed by atoms with Crippen molar-refractivity contribution in [3.8, 4) is 17.6 Å². The summed E-state index contributed by atoms with van der Waals surface area (Å²) in [5.74, 6) is -2.08. The van der Waals surface area contributed by atoms with Crippen LogP contribution in [0.5, 0.6) is 11.5 Å². The third kappa shape index (κ3) is 9.60. The normalized spacial score (nSPS) is 20.6. The monoisotopic (exact) mass is 825 g/mol. The van der Waals surface area contributed by atoms with Crippen LogP contribution in [0.3, 0.4) is 0 Å². The number of nitrogens with two attached hydrogens (primary N) is 1. The van der Waals surface area contributed by atoms with Crippen molar-refractivity contribution < 1.29 is 38.1 Å². The first-order chi connectivity index (χ1) is 28.5. The number of primary amides is 1. The second kappa shape index (κ2) is 18.2. The van der Waals surface area contributed by atoms with E-state index in [1.54, 1.807) is 24.3 Å². The summed E-state index contributed by atoms with van der Waals surface area (Å²) in [6, 6.07) is 18.2. The van der Waals surface area contributed by atoms with E-state index in [1.165, 1.54) is 19.2 Å². The number of amides is 3. The molecule has 0 spiro atoms. The smallest absolute Gasteiger partial charge is 0.303 e. The van der Waals surface area contributed by atoms with Crippen LogP contribution in [0.1, 0.15) is 79.7 Å². The van der Waals surface area contributed by atoms with E-state index in [4.69, 9.17) is 20.3 Å². The Morgan fingerprint density at radius 1 is 0.900 bits per heavy atom. The van der Waals surface area contributed by atoms with E-state index in [0.29, 0.717) is 47.3 Å². The Kier molecular flexibility index (Phi) is 13.2. The Labute approximate surface area is 350 Å². The molecule has 14 nitrogen and oxygen atoms in total. The highest BCUT2D eigenvalue weighted by Crippen LogP contribution is 2.55. The number of nitriles is 1. The molecule has 6 rings (SSSR count). The number of hydrogen-bond acceptors (Lipinski definition) is 10. The van der Waals surface area contributed by atoms with Gasteiger partial charge in [0.25, 0.3) is 11.8 Å². The predicted molar refractivity (Wildman–Crippen MR) is 225 cm³/mol. The van der Waals surface area contributed by atoms with Crippen molar-refractivity contribution in [3.05, 3.63) is 83.2 Å². The van der Waals surface area contributed by atoms with E-state index in [2.05, 4.69) is 59.1 Å². The summed E-state index contributed by atoms with van der Waals surface area (Å²) >= 11 is 0. The molecule has 2 aliphatic heterocycles. The number of carboxylic acid groups (broad SMARTS) is 1. The number of halogens is 1. The summed E-state index contributed by atoms with van der Waals surface area (Å²) < 4.78 is 26.9. The molecule has 3 aromatic carbocycles. The standard InChI is InChI=1S/C45H56FN7O7/c1-44(2)42(45(3,4)43(44)60-33-12-8-30(26-47)37(25-33)59-5)50-40(57)29-6-9-31(10-7-29)52-18-16-28(17-19-52)27-51-20-22-53(23-21-51)32-11-13-34(35(46)24-32)41(58)49-36(39(48)56)14-15-38(54)55/h6-13,24-25,28,36,42-43H,14-23,27H2,1-5H3,(H2,48,56)(H,49,58)(H,50,57)(H,54,55)/t36-,42?,43?/m0/s1. The van der Waals surface area contributed by atoms with Crippen LogP contribution in [0.15, 0.2) is 60.7 Å². The number of aliphatic carboxylic acids is 1. The van der Waals surface area contributed by atoms with Crippen LogP contribution in [-0.2, 0) is 9.59 Å². The number of hydrogen-bond donors (Lipinski definition) is 4. The molecule has 1 atom stereocenters. The third-order valence-corrected chi connectivity index (χ3v) is 12.5. The molecule has 3 fully saturated rings. The fraction of sp³-hybridized carbons (Fsp3) is 0.489. The molecule has 3 aliphatic rings. The summed E-state index contributed by atoms with van der Waals surface area (Å²) in [5.41, 5.74) is 7.14. The molecule has 0 bridgehead atoms. The van der Waals surface area contributed by atoms with E-state index in [0.717, 1.165) is 51.3 Å². The average molecular weight is 826 g/mol. The van der Waals surface area contributed by atoms with E-state index in [9.17, 15) is 24.4 Å². The number of carboxylic acids is 1. The number of piperazine rings is 1. The maximum Gasteiger partial charge on any atom is 0.303 e. The molecule has 1 aliphatic carbocycles. The second-order valence-corrected chi connectivity index (χ2v) is 17.3. The molecule has 320 valence electrons. The number of anilines is 2. The number of carbonyl (C=O) groups excluding carboxylic acids is 3. The van der Waals surface area contributed by atoms with Crippen LogP contribution in [0.25, 0.3) is 0 Å². The first kappa shape index (κ1) is 43.7. The van der Waals surface area contributed by atoms with Crippen LogP contribution in [-0.4, -0.2) is 105 Å². The average Bonchev–Trinajstić information content (AvgIpc) is 3.23. The van der Waals surface area contributed by atoms with Gasteiger partial charge in [-0.25, -0.2) is 4.39 Å². The van der Waals surface area contributed by atoms with Gasteiger partial charge < -0.3 is 40.7 Å². The van der Waals surface area contributed by atoms with Gasteiger partial charge in [-0.3, -0.25) is 24.1 Å². The third-order valence-electron chi connectivity index (χ3n) is 12.5. The van der Waals surface area contributed by atoms with Gasteiger partial charge in [0.1, 0.15) is 35.5 Å². The van der Waals surface area contributed by atoms with E-state index < -0.39 is 29.6 Å². The molecule has 60 heavy (non-hydrogen) atoms. The zero-order chi connectivity index (χ0) is 43.4. The SMILES string of the molecule is COc1cc(OC2C(C)(C)C(NC(=O)c3ccc(N4CCC(CN5CCN(c6ccc(C(=O)N[C@@H](CCC(=O)O)C(N)=O)c(F)c6)CC5)CC4)cc3)C2(C)C)ccc1C#N. The molecule has 2 saturated heterocycles. The van der Waals surface area contributed by atoms with Gasteiger partial charge in [-0.1, -0.05) is 27.7 Å². The van der Waals surface area contributed by atoms with Crippen LogP contribution in [0.4, 0.5) is 15.8 Å². The number of rotatable bonds is 15. The van der Waals surface area contributed by atoms with Crippen molar-refractivity contribution in [1.29, 1.82) is 5.26 Å². The van der Waals surface area contributed by atoms with Crippen LogP contribution < -0.4 is 35.6 Å². The fourth-order valence-electron chi connectivity index (χ4n) is 9.41. The zero-order valence-electron chi connectivity index (χ0n) is 35.0. The van der Waals surface area contributed by atoms with Gasteiger partial charge in [0.2, 0.25) is 5.91 Å². The highest BCUT2D eigenvalue weighted by Gasteiger charge is 2.64. The Hall–Kier alpha value is -5.88. The molecule has 0 aromatic heterocycles. The maximum atomic E-state index is 15.1. The summed E-state index contributed by atoms with van der Waals surface area (Å²) in [5, 5.41) is 23.9. The Morgan fingerprint density at radius 2 is 1.53 bits per heavy atom. The molecule has 15 heteroatoms. The topological polar surface area (TPSA) is 191 Å². The minimum Gasteiger partial charge on any atom is -0.495 e. The summed E-state index contributed by atoms with van der Waals surface area (Å²) in [7, 11) is 1.53. The van der Waals surface area contributed by atoms with Crippen molar-refractivity contribution in [2.75, 3.05) is 62.7 Å². The molecule has 2 heterocycles. The lowest BCUT2D eigenvalue weighted by Gasteiger charge is -2.63. The maximum absolute atomic E-state index is 15.1. The quantitative estimate of drug-likeness (QED) is 0.165. The number of piperidine rings is 1. The lowest BCUT2D eigenvalue weighted by atomic mass is 9.49. The van der Waals surface area contributed by atoms with E-state index in [1.807, 2.05) is 24.3 Å². The molecule has 0 radical (unpaired) electrons. The van der Waals surface area contributed by atoms with E-state index >= 15 is 4.39 Å². The first-order valence-electron chi connectivity index (χ1n) is 20.5. The Bertz CT molecular complexity index is 2090. The fourth-order valence-corrected chi connectivity index (χ4v) is 9.41. The van der Waals surface area contributed by atoms with Gasteiger partial charge in [0.15, 0.2) is 0 Å². The molecule has 0 unspecified atom stereocenters. The van der Waals surface area contributed by atoms with Gasteiger partial charge in [-0.15, -0.1) is 0 Å². The van der Waals surface area contributed by atoms with Gasteiger partial charge in [-0.2, -0.15) is 5.26 Å². The van der Waals surface area contributed by atoms with Gasteiger partial charge in [0.05, 0.1) is 18.2 Å². The number of carbonyl (C=O) groups is 4. The van der Waals surface area contributed by atoms with Crippen molar-refractivity contribution in [3.63, 3.8) is 0 Å². The van der Waals surface area contributed by atoms with E-state index in [-0.39, 0.29) is 47.3 Å². The van der Waals surface area contributed by atoms with Crippen molar-refractivity contribution in [2.24, 2.45) is 22.5 Å². The van der Waals surface area contributed by atoms with Crippen LogP contribution in [0, 0.1) is 33.9 Å².